The molecule has 0 amide bonds. The van der Waals surface area contributed by atoms with E-state index >= 15 is 0 Å². The van der Waals surface area contributed by atoms with Crippen molar-refractivity contribution in [3.63, 3.8) is 0 Å². The summed E-state index contributed by atoms with van der Waals surface area (Å²) < 4.78 is 28.5. The predicted octanol–water partition coefficient (Wildman–Crippen LogP) is 2.78. The number of nitrogens with one attached hydrogen (secondary N) is 1. The van der Waals surface area contributed by atoms with E-state index in [0.717, 1.165) is 11.9 Å². The maximum atomic E-state index is 13.5. The number of anilines is 1. The molecule has 0 spiro atoms. The fraction of sp³-hybridized carbons (Fsp3) is 0.273. The molecule has 0 aliphatic heterocycles. The zero-order valence-corrected chi connectivity index (χ0v) is 11.4. The van der Waals surface area contributed by atoms with Crippen molar-refractivity contribution in [3.8, 4) is 0 Å². The highest BCUT2D eigenvalue weighted by Crippen LogP contribution is 2.23. The topological polar surface area (TPSA) is 42.7 Å². The van der Waals surface area contributed by atoms with E-state index in [0.29, 0.717) is 12.4 Å². The van der Waals surface area contributed by atoms with Crippen LogP contribution < -0.4 is 5.32 Å². The van der Waals surface area contributed by atoms with Gasteiger partial charge in [-0.15, -0.1) is 10.2 Å². The summed E-state index contributed by atoms with van der Waals surface area (Å²) in [7, 11) is 1.82. The first-order valence-electron chi connectivity index (χ1n) is 5.22. The molecular formula is C11H11BrF2N4. The Kier molecular flexibility index (Phi) is 3.60. The SMILES string of the molecule is Cc1nnc(CNc2cc(Br)c(F)cc2F)n1C. The van der Waals surface area contributed by atoms with E-state index in [1.54, 1.807) is 4.57 Å². The van der Waals surface area contributed by atoms with Crippen molar-refractivity contribution in [3.05, 3.63) is 39.9 Å². The molecule has 1 aromatic carbocycles. The van der Waals surface area contributed by atoms with Crippen LogP contribution in [0.2, 0.25) is 0 Å². The van der Waals surface area contributed by atoms with Crippen molar-refractivity contribution in [2.45, 2.75) is 13.5 Å². The number of hydrogen-bond acceptors (Lipinski definition) is 3. The minimum absolute atomic E-state index is 0.209. The number of aromatic nitrogens is 3. The van der Waals surface area contributed by atoms with Gasteiger partial charge in [0.25, 0.3) is 0 Å². The van der Waals surface area contributed by atoms with Gasteiger partial charge in [0.05, 0.1) is 16.7 Å². The minimum atomic E-state index is -0.644. The summed E-state index contributed by atoms with van der Waals surface area (Å²) in [5.41, 5.74) is 0.212. The Morgan fingerprint density at radius 1 is 1.28 bits per heavy atom. The monoisotopic (exact) mass is 316 g/mol. The van der Waals surface area contributed by atoms with Crippen molar-refractivity contribution in [1.29, 1.82) is 0 Å². The second-order valence-electron chi connectivity index (χ2n) is 3.82. The molecule has 2 rings (SSSR count). The number of aryl methyl sites for hydroxylation is 1. The van der Waals surface area contributed by atoms with Crippen LogP contribution in [-0.4, -0.2) is 14.8 Å². The number of nitrogens with zero attached hydrogens (tertiary/aromatic N) is 3. The summed E-state index contributed by atoms with van der Waals surface area (Å²) in [5, 5.41) is 10.7. The van der Waals surface area contributed by atoms with Gasteiger partial charge in [-0.25, -0.2) is 8.78 Å². The summed E-state index contributed by atoms with van der Waals surface area (Å²) >= 11 is 3.01. The van der Waals surface area contributed by atoms with Crippen LogP contribution in [-0.2, 0) is 13.6 Å². The summed E-state index contributed by atoms with van der Waals surface area (Å²) in [6.45, 7) is 2.14. The third kappa shape index (κ3) is 2.50. The van der Waals surface area contributed by atoms with Crippen molar-refractivity contribution in [2.75, 3.05) is 5.32 Å². The number of rotatable bonds is 3. The van der Waals surface area contributed by atoms with Crippen LogP contribution in [0.5, 0.6) is 0 Å². The molecule has 96 valence electrons. The standard InChI is InChI=1S/C11H11BrF2N4/c1-6-16-17-11(18(6)2)5-15-10-3-7(12)8(13)4-9(10)14/h3-4,15H,5H2,1-2H3. The maximum Gasteiger partial charge on any atom is 0.152 e. The fourth-order valence-corrected chi connectivity index (χ4v) is 1.78. The Morgan fingerprint density at radius 2 is 2.00 bits per heavy atom. The maximum absolute atomic E-state index is 13.5. The Bertz CT molecular complexity index is 583. The molecule has 1 heterocycles. The molecular weight excluding hydrogens is 306 g/mol. The third-order valence-corrected chi connectivity index (χ3v) is 3.24. The highest BCUT2D eigenvalue weighted by Gasteiger charge is 2.10. The Labute approximate surface area is 111 Å². The second-order valence-corrected chi connectivity index (χ2v) is 4.68. The van der Waals surface area contributed by atoms with Gasteiger partial charge in [-0.1, -0.05) is 0 Å². The molecule has 0 aliphatic carbocycles. The second kappa shape index (κ2) is 5.01. The average Bonchev–Trinajstić information content (AvgIpc) is 2.63. The van der Waals surface area contributed by atoms with Gasteiger partial charge < -0.3 is 9.88 Å². The number of hydrogen-bond donors (Lipinski definition) is 1. The molecule has 7 heteroatoms. The normalized spacial score (nSPS) is 10.7. The molecule has 1 aromatic heterocycles. The molecule has 0 unspecified atom stereocenters. The lowest BCUT2D eigenvalue weighted by atomic mass is 10.3. The van der Waals surface area contributed by atoms with E-state index in [2.05, 4.69) is 31.4 Å². The molecule has 0 aliphatic rings. The molecule has 0 fully saturated rings. The van der Waals surface area contributed by atoms with Crippen LogP contribution in [0, 0.1) is 18.6 Å². The summed E-state index contributed by atoms with van der Waals surface area (Å²) in [4.78, 5) is 0. The lowest BCUT2D eigenvalue weighted by Gasteiger charge is -2.08. The Hall–Kier alpha value is -1.50. The molecule has 1 N–H and O–H groups in total. The summed E-state index contributed by atoms with van der Waals surface area (Å²) in [6.07, 6.45) is 0. The first-order chi connectivity index (χ1) is 8.49. The average molecular weight is 317 g/mol. The molecule has 0 atom stereocenters. The molecule has 2 aromatic rings. The Morgan fingerprint density at radius 3 is 2.61 bits per heavy atom. The van der Waals surface area contributed by atoms with Crippen LogP contribution in [0.25, 0.3) is 0 Å². The van der Waals surface area contributed by atoms with Crippen molar-refractivity contribution >= 4 is 21.6 Å². The van der Waals surface area contributed by atoms with E-state index in [-0.39, 0.29) is 10.2 Å². The van der Waals surface area contributed by atoms with Crippen LogP contribution in [0.3, 0.4) is 0 Å². The van der Waals surface area contributed by atoms with Gasteiger partial charge in [0.2, 0.25) is 0 Å². The van der Waals surface area contributed by atoms with Crippen LogP contribution in [0.1, 0.15) is 11.6 Å². The van der Waals surface area contributed by atoms with Crippen molar-refractivity contribution in [2.24, 2.45) is 7.05 Å². The van der Waals surface area contributed by atoms with E-state index in [4.69, 9.17) is 0 Å². The summed E-state index contributed by atoms with van der Waals surface area (Å²) in [5.74, 6) is 0.169. The molecule has 0 saturated carbocycles. The fourth-order valence-electron chi connectivity index (χ4n) is 1.44. The van der Waals surface area contributed by atoms with Crippen molar-refractivity contribution < 1.29 is 8.78 Å². The lowest BCUT2D eigenvalue weighted by Crippen LogP contribution is -2.08. The van der Waals surface area contributed by atoms with Gasteiger partial charge >= 0.3 is 0 Å². The molecule has 0 radical (unpaired) electrons. The van der Waals surface area contributed by atoms with Crippen molar-refractivity contribution in [1.82, 2.24) is 14.8 Å². The van der Waals surface area contributed by atoms with Crippen LogP contribution >= 0.6 is 15.9 Å². The van der Waals surface area contributed by atoms with Gasteiger partial charge in [0, 0.05) is 13.1 Å². The first kappa shape index (κ1) is 12.9. The van der Waals surface area contributed by atoms with Crippen LogP contribution in [0.15, 0.2) is 16.6 Å². The molecule has 0 bridgehead atoms. The van der Waals surface area contributed by atoms with E-state index < -0.39 is 11.6 Å². The first-order valence-corrected chi connectivity index (χ1v) is 6.01. The van der Waals surface area contributed by atoms with E-state index in [9.17, 15) is 8.78 Å². The largest absolute Gasteiger partial charge is 0.375 e. The quantitative estimate of drug-likeness (QED) is 0.885. The van der Waals surface area contributed by atoms with Gasteiger partial charge in [-0.3, -0.25) is 0 Å². The number of halogens is 3. The smallest absolute Gasteiger partial charge is 0.152 e. The predicted molar refractivity (Wildman–Crippen MR) is 67.1 cm³/mol. The Balaban J connectivity index is 2.16. The highest BCUT2D eigenvalue weighted by atomic mass is 79.9. The minimum Gasteiger partial charge on any atom is -0.375 e. The third-order valence-electron chi connectivity index (χ3n) is 2.63. The summed E-state index contributed by atoms with van der Waals surface area (Å²) in [6, 6.07) is 2.18. The highest BCUT2D eigenvalue weighted by molar-refractivity contribution is 9.10. The van der Waals surface area contributed by atoms with Gasteiger partial charge in [0.1, 0.15) is 17.5 Å². The van der Waals surface area contributed by atoms with Gasteiger partial charge in [0.15, 0.2) is 5.82 Å². The van der Waals surface area contributed by atoms with Gasteiger partial charge in [-0.05, 0) is 28.9 Å². The zero-order chi connectivity index (χ0) is 13.3. The van der Waals surface area contributed by atoms with Gasteiger partial charge in [-0.2, -0.15) is 0 Å². The molecule has 18 heavy (non-hydrogen) atoms. The zero-order valence-electron chi connectivity index (χ0n) is 9.84. The molecule has 0 saturated heterocycles. The van der Waals surface area contributed by atoms with E-state index in [1.807, 2.05) is 14.0 Å². The molecule has 4 nitrogen and oxygen atoms in total. The number of benzene rings is 1. The van der Waals surface area contributed by atoms with E-state index in [1.165, 1.54) is 6.07 Å². The van der Waals surface area contributed by atoms with Crippen LogP contribution in [0.4, 0.5) is 14.5 Å². The lowest BCUT2D eigenvalue weighted by molar-refractivity contribution is 0.580.